The summed E-state index contributed by atoms with van der Waals surface area (Å²) >= 11 is 0. The summed E-state index contributed by atoms with van der Waals surface area (Å²) in [6.07, 6.45) is 1.62. The van der Waals surface area contributed by atoms with Crippen LogP contribution in [0.25, 0.3) is 6.08 Å². The van der Waals surface area contributed by atoms with Crippen LogP contribution in [0.4, 0.5) is 8.78 Å². The lowest BCUT2D eigenvalue weighted by Gasteiger charge is -2.15. The van der Waals surface area contributed by atoms with Crippen LogP contribution in [0, 0.1) is 17.6 Å². The van der Waals surface area contributed by atoms with E-state index in [9.17, 15) is 8.78 Å². The van der Waals surface area contributed by atoms with Crippen LogP contribution in [-0.2, 0) is 0 Å². The summed E-state index contributed by atoms with van der Waals surface area (Å²) in [5.41, 5.74) is 1.04. The molecule has 1 aromatic rings. The summed E-state index contributed by atoms with van der Waals surface area (Å²) in [5, 5.41) is 3.27. The van der Waals surface area contributed by atoms with Crippen molar-refractivity contribution in [2.75, 3.05) is 6.54 Å². The second-order valence-electron chi connectivity index (χ2n) is 5.04. The Hall–Kier alpha value is -1.22. The van der Waals surface area contributed by atoms with Crippen LogP contribution < -0.4 is 5.32 Å². The Labute approximate surface area is 108 Å². The third-order valence-electron chi connectivity index (χ3n) is 2.79. The predicted molar refractivity (Wildman–Crippen MR) is 72.3 cm³/mol. The number of hydrogen-bond donors (Lipinski definition) is 1. The molecule has 18 heavy (non-hydrogen) atoms. The molecule has 0 saturated heterocycles. The molecule has 100 valence electrons. The van der Waals surface area contributed by atoms with Gasteiger partial charge in [0, 0.05) is 18.2 Å². The molecule has 0 unspecified atom stereocenters. The molecular formula is C15H21F2N. The van der Waals surface area contributed by atoms with Crippen LogP contribution in [0.5, 0.6) is 0 Å². The van der Waals surface area contributed by atoms with E-state index in [1.807, 2.05) is 27.7 Å². The van der Waals surface area contributed by atoms with E-state index in [0.717, 1.165) is 5.57 Å². The molecule has 0 spiro atoms. The highest BCUT2D eigenvalue weighted by Gasteiger charge is 2.10. The second kappa shape index (κ2) is 6.64. The molecule has 0 atom stereocenters. The van der Waals surface area contributed by atoms with E-state index in [1.165, 1.54) is 18.2 Å². The van der Waals surface area contributed by atoms with Crippen LogP contribution in [0.3, 0.4) is 0 Å². The van der Waals surface area contributed by atoms with Crippen molar-refractivity contribution in [2.24, 2.45) is 5.92 Å². The molecule has 0 aliphatic carbocycles. The van der Waals surface area contributed by atoms with E-state index < -0.39 is 11.6 Å². The molecule has 0 heterocycles. The SMILES string of the molecule is CC(C)NCC(=Cc1c(F)cccc1F)C(C)C. The van der Waals surface area contributed by atoms with Gasteiger partial charge in [-0.1, -0.05) is 39.3 Å². The Morgan fingerprint density at radius 3 is 2.17 bits per heavy atom. The summed E-state index contributed by atoms with van der Waals surface area (Å²) in [7, 11) is 0. The summed E-state index contributed by atoms with van der Waals surface area (Å²) < 4.78 is 27.1. The molecule has 3 heteroatoms. The standard InChI is InChI=1S/C15H21F2N/c1-10(2)12(9-18-11(3)4)8-13-14(16)6-5-7-15(13)17/h5-8,10-11,18H,9H2,1-4H3. The zero-order valence-electron chi connectivity index (χ0n) is 11.4. The quantitative estimate of drug-likeness (QED) is 0.836. The number of nitrogens with one attached hydrogen (secondary N) is 1. The second-order valence-corrected chi connectivity index (χ2v) is 5.04. The lowest BCUT2D eigenvalue weighted by molar-refractivity contribution is 0.574. The molecule has 0 bridgehead atoms. The van der Waals surface area contributed by atoms with Crippen molar-refractivity contribution in [1.29, 1.82) is 0 Å². The molecular weight excluding hydrogens is 232 g/mol. The van der Waals surface area contributed by atoms with E-state index in [-0.39, 0.29) is 11.5 Å². The van der Waals surface area contributed by atoms with Gasteiger partial charge in [-0.25, -0.2) is 8.78 Å². The summed E-state index contributed by atoms with van der Waals surface area (Å²) in [4.78, 5) is 0. The number of benzene rings is 1. The van der Waals surface area contributed by atoms with Crippen molar-refractivity contribution in [3.63, 3.8) is 0 Å². The van der Waals surface area contributed by atoms with Gasteiger partial charge in [0.15, 0.2) is 0 Å². The van der Waals surface area contributed by atoms with E-state index >= 15 is 0 Å². The number of halogens is 2. The van der Waals surface area contributed by atoms with Gasteiger partial charge < -0.3 is 5.32 Å². The fraction of sp³-hybridized carbons (Fsp3) is 0.467. The van der Waals surface area contributed by atoms with Crippen LogP contribution in [-0.4, -0.2) is 12.6 Å². The maximum atomic E-state index is 13.6. The van der Waals surface area contributed by atoms with Crippen LogP contribution >= 0.6 is 0 Å². The van der Waals surface area contributed by atoms with Crippen molar-refractivity contribution in [1.82, 2.24) is 5.32 Å². The molecule has 1 nitrogen and oxygen atoms in total. The van der Waals surface area contributed by atoms with Gasteiger partial charge in [-0.05, 0) is 24.1 Å². The Bertz CT molecular complexity index is 402. The molecule has 0 fully saturated rings. The third-order valence-corrected chi connectivity index (χ3v) is 2.79. The fourth-order valence-corrected chi connectivity index (χ4v) is 1.58. The average molecular weight is 253 g/mol. The normalized spacial score (nSPS) is 12.6. The highest BCUT2D eigenvalue weighted by molar-refractivity contribution is 5.55. The zero-order valence-corrected chi connectivity index (χ0v) is 11.4. The minimum absolute atomic E-state index is 0.0479. The van der Waals surface area contributed by atoms with Crippen LogP contribution in [0.2, 0.25) is 0 Å². The fourth-order valence-electron chi connectivity index (χ4n) is 1.58. The van der Waals surface area contributed by atoms with E-state index in [0.29, 0.717) is 12.6 Å². The lowest BCUT2D eigenvalue weighted by Crippen LogP contribution is -2.26. The molecule has 0 aromatic heterocycles. The molecule has 0 aliphatic heterocycles. The smallest absolute Gasteiger partial charge is 0.133 e. The predicted octanol–water partition coefficient (Wildman–Crippen LogP) is 4.00. The van der Waals surface area contributed by atoms with Gasteiger partial charge in [0.25, 0.3) is 0 Å². The Kier molecular flexibility index (Phi) is 5.48. The number of rotatable bonds is 5. The van der Waals surface area contributed by atoms with Crippen LogP contribution in [0.1, 0.15) is 33.3 Å². The van der Waals surface area contributed by atoms with Gasteiger partial charge >= 0.3 is 0 Å². The minimum Gasteiger partial charge on any atom is -0.311 e. The van der Waals surface area contributed by atoms with Gasteiger partial charge in [0.2, 0.25) is 0 Å². The van der Waals surface area contributed by atoms with Crippen molar-refractivity contribution in [2.45, 2.75) is 33.7 Å². The highest BCUT2D eigenvalue weighted by atomic mass is 19.1. The zero-order chi connectivity index (χ0) is 13.7. The first-order valence-corrected chi connectivity index (χ1v) is 6.29. The van der Waals surface area contributed by atoms with Gasteiger partial charge in [-0.2, -0.15) is 0 Å². The van der Waals surface area contributed by atoms with Gasteiger partial charge in [0.05, 0.1) is 0 Å². The Balaban J connectivity index is 3.01. The number of hydrogen-bond acceptors (Lipinski definition) is 1. The largest absolute Gasteiger partial charge is 0.311 e. The third kappa shape index (κ3) is 4.22. The van der Waals surface area contributed by atoms with E-state index in [1.54, 1.807) is 6.08 Å². The molecule has 0 saturated carbocycles. The summed E-state index contributed by atoms with van der Waals surface area (Å²) in [6.45, 7) is 8.77. The van der Waals surface area contributed by atoms with Crippen LogP contribution in [0.15, 0.2) is 23.8 Å². The first-order valence-electron chi connectivity index (χ1n) is 6.29. The first-order chi connectivity index (χ1) is 8.41. The molecule has 0 radical (unpaired) electrons. The maximum Gasteiger partial charge on any atom is 0.133 e. The first kappa shape index (κ1) is 14.8. The molecule has 1 aromatic carbocycles. The van der Waals surface area contributed by atoms with Crippen molar-refractivity contribution >= 4 is 6.08 Å². The average Bonchev–Trinajstić information content (AvgIpc) is 2.26. The van der Waals surface area contributed by atoms with Crippen molar-refractivity contribution in [3.8, 4) is 0 Å². The van der Waals surface area contributed by atoms with Gasteiger partial charge in [-0.15, -0.1) is 0 Å². The van der Waals surface area contributed by atoms with Crippen molar-refractivity contribution < 1.29 is 8.78 Å². The van der Waals surface area contributed by atoms with Gasteiger partial charge in [0.1, 0.15) is 11.6 Å². The van der Waals surface area contributed by atoms with E-state index in [2.05, 4.69) is 5.32 Å². The van der Waals surface area contributed by atoms with E-state index in [4.69, 9.17) is 0 Å². The Morgan fingerprint density at radius 1 is 1.17 bits per heavy atom. The summed E-state index contributed by atoms with van der Waals surface area (Å²) in [6, 6.07) is 4.28. The molecule has 1 N–H and O–H groups in total. The lowest BCUT2D eigenvalue weighted by atomic mass is 9.99. The van der Waals surface area contributed by atoms with Gasteiger partial charge in [-0.3, -0.25) is 0 Å². The monoisotopic (exact) mass is 253 g/mol. The minimum atomic E-state index is -0.516. The molecule has 1 rings (SSSR count). The summed E-state index contributed by atoms with van der Waals surface area (Å²) in [5.74, 6) is -0.786. The maximum absolute atomic E-state index is 13.6. The molecule has 0 aliphatic rings. The van der Waals surface area contributed by atoms with Crippen molar-refractivity contribution in [3.05, 3.63) is 41.0 Å². The Morgan fingerprint density at radius 2 is 1.72 bits per heavy atom. The molecule has 0 amide bonds. The topological polar surface area (TPSA) is 12.0 Å². The highest BCUT2D eigenvalue weighted by Crippen LogP contribution is 2.19.